The van der Waals surface area contributed by atoms with Crippen molar-refractivity contribution in [3.63, 3.8) is 0 Å². The van der Waals surface area contributed by atoms with E-state index in [1.165, 1.54) is 24.3 Å². The van der Waals surface area contributed by atoms with Crippen LogP contribution < -0.4 is 0 Å². The number of likely N-dealkylation sites (tertiary alicyclic amines) is 1. The largest absolute Gasteiger partial charge is 0.389 e. The Morgan fingerprint density at radius 1 is 1.16 bits per heavy atom. The van der Waals surface area contributed by atoms with Gasteiger partial charge in [-0.25, -0.2) is 8.42 Å². The van der Waals surface area contributed by atoms with E-state index in [9.17, 15) is 18.6 Å². The molecular weight excluding hydrogens is 290 g/mol. The topological polar surface area (TPSA) is 77.8 Å². The molecule has 1 aromatic carbocycles. The number of hydrogen-bond donors (Lipinski definition) is 2. The van der Waals surface area contributed by atoms with Crippen LogP contribution in [0.4, 0.5) is 0 Å². The summed E-state index contributed by atoms with van der Waals surface area (Å²) in [5.41, 5.74) is 0. The Morgan fingerprint density at radius 2 is 1.68 bits per heavy atom. The third-order valence-corrected chi connectivity index (χ3v) is 5.15. The number of benzene rings is 1. The van der Waals surface area contributed by atoms with Crippen LogP contribution in [0.2, 0.25) is 5.02 Å². The van der Waals surface area contributed by atoms with Crippen molar-refractivity contribution in [2.24, 2.45) is 0 Å². The van der Waals surface area contributed by atoms with E-state index in [-0.39, 0.29) is 10.6 Å². The van der Waals surface area contributed by atoms with Gasteiger partial charge >= 0.3 is 0 Å². The maximum Gasteiger partial charge on any atom is 0.179 e. The number of rotatable bonds is 4. The third kappa shape index (κ3) is 3.67. The van der Waals surface area contributed by atoms with Gasteiger partial charge in [-0.2, -0.15) is 0 Å². The van der Waals surface area contributed by atoms with Crippen LogP contribution in [-0.4, -0.2) is 61.1 Å². The number of nitrogens with zero attached hydrogens (tertiary/aromatic N) is 1. The number of hydrogen-bond acceptors (Lipinski definition) is 5. The molecule has 7 heteroatoms. The van der Waals surface area contributed by atoms with E-state index in [0.717, 1.165) is 0 Å². The Kier molecular flexibility index (Phi) is 4.47. The Morgan fingerprint density at radius 3 is 2.21 bits per heavy atom. The van der Waals surface area contributed by atoms with Gasteiger partial charge in [-0.1, -0.05) is 11.6 Å². The molecule has 0 aliphatic carbocycles. The van der Waals surface area contributed by atoms with Crippen LogP contribution in [0, 0.1) is 0 Å². The first-order chi connectivity index (χ1) is 8.88. The van der Waals surface area contributed by atoms with Gasteiger partial charge < -0.3 is 10.2 Å². The third-order valence-electron chi connectivity index (χ3n) is 3.18. The average molecular weight is 306 g/mol. The van der Waals surface area contributed by atoms with Gasteiger partial charge in [-0.3, -0.25) is 4.90 Å². The standard InChI is InChI=1S/C12H16ClNO4S/c13-9-1-3-10(4-2-9)19(17,18)6-5-14-7-11(15)12(16)8-14/h1-4,11-12,15-16H,5-8H2/t11-,12+. The zero-order chi connectivity index (χ0) is 14.0. The minimum Gasteiger partial charge on any atom is -0.389 e. The minimum atomic E-state index is -3.36. The molecule has 0 unspecified atom stereocenters. The first-order valence-electron chi connectivity index (χ1n) is 5.95. The van der Waals surface area contributed by atoms with E-state index in [4.69, 9.17) is 11.6 Å². The fourth-order valence-corrected chi connectivity index (χ4v) is 3.45. The molecule has 1 saturated heterocycles. The van der Waals surface area contributed by atoms with Crippen LogP contribution in [-0.2, 0) is 9.84 Å². The normalized spacial score (nSPS) is 24.8. The van der Waals surface area contributed by atoms with Crippen LogP contribution in [0.5, 0.6) is 0 Å². The lowest BCUT2D eigenvalue weighted by Crippen LogP contribution is -2.28. The van der Waals surface area contributed by atoms with Crippen molar-refractivity contribution >= 4 is 21.4 Å². The van der Waals surface area contributed by atoms with Gasteiger partial charge in [0.15, 0.2) is 9.84 Å². The van der Waals surface area contributed by atoms with Gasteiger partial charge in [-0.05, 0) is 24.3 Å². The summed E-state index contributed by atoms with van der Waals surface area (Å²) in [4.78, 5) is 1.97. The van der Waals surface area contributed by atoms with Gasteiger partial charge in [-0.15, -0.1) is 0 Å². The van der Waals surface area contributed by atoms with Gasteiger partial charge in [0, 0.05) is 24.7 Å². The SMILES string of the molecule is O=S(=O)(CCN1C[C@@H](O)[C@@H](O)C1)c1ccc(Cl)cc1. The van der Waals surface area contributed by atoms with E-state index >= 15 is 0 Å². The Labute approximate surface area is 117 Å². The molecule has 0 amide bonds. The van der Waals surface area contributed by atoms with Crippen molar-refractivity contribution in [1.82, 2.24) is 4.90 Å². The molecule has 2 N–H and O–H groups in total. The predicted molar refractivity (Wildman–Crippen MR) is 72.0 cm³/mol. The van der Waals surface area contributed by atoms with Gasteiger partial charge in [0.2, 0.25) is 0 Å². The molecule has 106 valence electrons. The molecule has 1 aliphatic heterocycles. The summed E-state index contributed by atoms with van der Waals surface area (Å²) in [5, 5.41) is 19.3. The van der Waals surface area contributed by atoms with Crippen molar-refractivity contribution in [2.45, 2.75) is 17.1 Å². The van der Waals surface area contributed by atoms with Crippen LogP contribution in [0.25, 0.3) is 0 Å². The van der Waals surface area contributed by atoms with Crippen LogP contribution >= 0.6 is 11.6 Å². The quantitative estimate of drug-likeness (QED) is 0.828. The summed E-state index contributed by atoms with van der Waals surface area (Å²) in [5.74, 6) is -0.0475. The van der Waals surface area contributed by atoms with Gasteiger partial charge in [0.1, 0.15) is 0 Å². The molecule has 1 fully saturated rings. The average Bonchev–Trinajstić information content (AvgIpc) is 2.67. The fraction of sp³-hybridized carbons (Fsp3) is 0.500. The van der Waals surface area contributed by atoms with Crippen LogP contribution in [0.1, 0.15) is 0 Å². The summed E-state index contributed by atoms with van der Waals surface area (Å²) in [7, 11) is -3.36. The van der Waals surface area contributed by atoms with Crippen molar-refractivity contribution in [1.29, 1.82) is 0 Å². The highest BCUT2D eigenvalue weighted by Gasteiger charge is 2.30. The van der Waals surface area contributed by atoms with Crippen LogP contribution in [0.15, 0.2) is 29.2 Å². The molecule has 0 radical (unpaired) electrons. The van der Waals surface area contributed by atoms with Crippen molar-refractivity contribution < 1.29 is 18.6 Å². The second-order valence-corrected chi connectivity index (χ2v) is 7.21. The molecule has 5 nitrogen and oxygen atoms in total. The Bertz CT molecular complexity index is 521. The highest BCUT2D eigenvalue weighted by molar-refractivity contribution is 7.91. The molecule has 19 heavy (non-hydrogen) atoms. The van der Waals surface area contributed by atoms with E-state index in [0.29, 0.717) is 24.7 Å². The van der Waals surface area contributed by atoms with E-state index in [1.54, 1.807) is 4.90 Å². The van der Waals surface area contributed by atoms with E-state index < -0.39 is 22.0 Å². The van der Waals surface area contributed by atoms with E-state index in [1.807, 2.05) is 0 Å². The second kappa shape index (κ2) is 5.76. The van der Waals surface area contributed by atoms with Crippen molar-refractivity contribution in [2.75, 3.05) is 25.4 Å². The summed E-state index contributed by atoms with van der Waals surface area (Å²) < 4.78 is 24.1. The summed E-state index contributed by atoms with van der Waals surface area (Å²) >= 11 is 5.72. The highest BCUT2D eigenvalue weighted by Crippen LogP contribution is 2.16. The minimum absolute atomic E-state index is 0.0475. The summed E-state index contributed by atoms with van der Waals surface area (Å²) in [6.07, 6.45) is -1.59. The zero-order valence-corrected chi connectivity index (χ0v) is 11.8. The van der Waals surface area contributed by atoms with E-state index in [2.05, 4.69) is 0 Å². The molecule has 1 aliphatic rings. The van der Waals surface area contributed by atoms with Gasteiger partial charge in [0.05, 0.1) is 22.9 Å². The fourth-order valence-electron chi connectivity index (χ4n) is 2.04. The number of aliphatic hydroxyl groups excluding tert-OH is 2. The predicted octanol–water partition coefficient (Wildman–Crippen LogP) is 0.151. The summed E-state index contributed by atoms with van der Waals surface area (Å²) in [6, 6.07) is 6.03. The monoisotopic (exact) mass is 305 g/mol. The number of aliphatic hydroxyl groups is 2. The van der Waals surface area contributed by atoms with Crippen molar-refractivity contribution in [3.8, 4) is 0 Å². The maximum absolute atomic E-state index is 12.1. The molecule has 1 heterocycles. The molecule has 0 bridgehead atoms. The molecule has 0 spiro atoms. The molecular formula is C12H16ClNO4S. The molecule has 1 aromatic rings. The second-order valence-electron chi connectivity index (χ2n) is 4.67. The van der Waals surface area contributed by atoms with Crippen LogP contribution in [0.3, 0.4) is 0 Å². The number of halogens is 1. The maximum atomic E-state index is 12.1. The smallest absolute Gasteiger partial charge is 0.179 e. The first-order valence-corrected chi connectivity index (χ1v) is 7.98. The number of β-amino-alcohol motifs (C(OH)–C–C–N with tert-alkyl or cyclic N) is 2. The molecule has 0 aromatic heterocycles. The summed E-state index contributed by atoms with van der Waals surface area (Å²) in [6.45, 7) is 0.897. The van der Waals surface area contributed by atoms with Gasteiger partial charge in [0.25, 0.3) is 0 Å². The Balaban J connectivity index is 1.97. The highest BCUT2D eigenvalue weighted by atomic mass is 35.5. The lowest BCUT2D eigenvalue weighted by Gasteiger charge is -2.14. The number of sulfone groups is 1. The van der Waals surface area contributed by atoms with Crippen molar-refractivity contribution in [3.05, 3.63) is 29.3 Å². The molecule has 2 rings (SSSR count). The lowest BCUT2D eigenvalue weighted by molar-refractivity contribution is 0.0572. The first kappa shape index (κ1) is 14.7. The molecule has 2 atom stereocenters. The lowest BCUT2D eigenvalue weighted by atomic mass is 10.3. The zero-order valence-electron chi connectivity index (χ0n) is 10.2. The molecule has 0 saturated carbocycles. The Hall–Kier alpha value is -0.660.